The van der Waals surface area contributed by atoms with Gasteiger partial charge in [0, 0.05) is 6.42 Å². The van der Waals surface area contributed by atoms with Crippen molar-refractivity contribution >= 4 is 0 Å². The first-order chi connectivity index (χ1) is 15.0. The number of allylic oxidation sites excluding steroid dienone is 6. The summed E-state index contributed by atoms with van der Waals surface area (Å²) in [6.45, 7) is 12.6. The van der Waals surface area contributed by atoms with Crippen LogP contribution in [0.1, 0.15) is 79.1 Å². The van der Waals surface area contributed by atoms with Gasteiger partial charge in [0.05, 0.1) is 17.8 Å². The van der Waals surface area contributed by atoms with Gasteiger partial charge in [-0.05, 0) is 93.1 Å². The van der Waals surface area contributed by atoms with Gasteiger partial charge in [0.25, 0.3) is 0 Å². The topological polar surface area (TPSA) is 60.7 Å². The van der Waals surface area contributed by atoms with Gasteiger partial charge < -0.3 is 15.3 Å². The predicted octanol–water partition coefficient (Wildman–Crippen LogP) is 6.04. The van der Waals surface area contributed by atoms with Crippen LogP contribution in [0.25, 0.3) is 0 Å². The molecule has 0 aromatic heterocycles. The molecule has 0 aliphatic heterocycles. The van der Waals surface area contributed by atoms with Gasteiger partial charge >= 0.3 is 0 Å². The van der Waals surface area contributed by atoms with Crippen LogP contribution >= 0.6 is 0 Å². The Kier molecular flexibility index (Phi) is 8.06. The minimum atomic E-state index is -0.650. The van der Waals surface area contributed by atoms with E-state index < -0.39 is 17.8 Å². The number of aliphatic hydroxyl groups excluding tert-OH is 2. The first-order valence-corrected chi connectivity index (χ1v) is 12.5. The summed E-state index contributed by atoms with van der Waals surface area (Å²) in [5.41, 5.74) is 2.98. The molecule has 178 valence electrons. The van der Waals surface area contributed by atoms with E-state index in [1.165, 1.54) is 31.3 Å². The summed E-state index contributed by atoms with van der Waals surface area (Å²) >= 11 is 0. The van der Waals surface area contributed by atoms with Crippen molar-refractivity contribution in [2.24, 2.45) is 23.2 Å². The fraction of sp³-hybridized carbons (Fsp3) is 0.655. The van der Waals surface area contributed by atoms with E-state index in [9.17, 15) is 15.3 Å². The third kappa shape index (κ3) is 5.92. The Bertz CT molecular complexity index is 794. The van der Waals surface area contributed by atoms with E-state index in [1.54, 1.807) is 0 Å². The summed E-state index contributed by atoms with van der Waals surface area (Å²) in [5.74, 6) is 1.82. The Morgan fingerprint density at radius 1 is 1.19 bits per heavy atom. The first-order valence-electron chi connectivity index (χ1n) is 12.5. The van der Waals surface area contributed by atoms with Crippen molar-refractivity contribution in [3.63, 3.8) is 0 Å². The van der Waals surface area contributed by atoms with E-state index in [1.807, 2.05) is 19.9 Å². The molecule has 3 fully saturated rings. The van der Waals surface area contributed by atoms with Crippen LogP contribution in [0.3, 0.4) is 0 Å². The molecule has 0 radical (unpaired) electrons. The van der Waals surface area contributed by atoms with Gasteiger partial charge in [0.2, 0.25) is 0 Å². The number of fused-ring (bicyclic) bond motifs is 1. The van der Waals surface area contributed by atoms with Gasteiger partial charge in [-0.1, -0.05) is 62.5 Å². The Balaban J connectivity index is 1.70. The van der Waals surface area contributed by atoms with Gasteiger partial charge in [-0.3, -0.25) is 0 Å². The largest absolute Gasteiger partial charge is 0.393 e. The maximum Gasteiger partial charge on any atom is 0.0811 e. The number of hydrogen-bond donors (Lipinski definition) is 3. The van der Waals surface area contributed by atoms with Crippen LogP contribution in [0.2, 0.25) is 0 Å². The number of rotatable bonds is 6. The summed E-state index contributed by atoms with van der Waals surface area (Å²) in [7, 11) is 0. The normalized spacial score (nSPS) is 37.7. The molecule has 3 aliphatic rings. The smallest absolute Gasteiger partial charge is 0.0811 e. The van der Waals surface area contributed by atoms with Crippen LogP contribution in [0, 0.1) is 23.2 Å². The summed E-state index contributed by atoms with van der Waals surface area (Å²) in [6.07, 6.45) is 19.8. The molecule has 0 spiro atoms. The van der Waals surface area contributed by atoms with Crippen LogP contribution in [0.5, 0.6) is 0 Å². The van der Waals surface area contributed by atoms with Crippen LogP contribution < -0.4 is 0 Å². The molecule has 32 heavy (non-hydrogen) atoms. The molecule has 0 bridgehead atoms. The highest BCUT2D eigenvalue weighted by molar-refractivity contribution is 5.38. The Morgan fingerprint density at radius 3 is 2.66 bits per heavy atom. The number of hydrogen-bond acceptors (Lipinski definition) is 3. The summed E-state index contributed by atoms with van der Waals surface area (Å²) in [5, 5.41) is 30.0. The Labute approximate surface area is 195 Å². The van der Waals surface area contributed by atoms with E-state index in [0.29, 0.717) is 42.4 Å². The molecular formula is C29H44O3. The third-order valence-electron chi connectivity index (χ3n) is 8.22. The molecule has 1 unspecified atom stereocenters. The monoisotopic (exact) mass is 440 g/mol. The van der Waals surface area contributed by atoms with Gasteiger partial charge in [0.15, 0.2) is 0 Å². The minimum absolute atomic E-state index is 0.325. The van der Waals surface area contributed by atoms with E-state index in [4.69, 9.17) is 0 Å². The van der Waals surface area contributed by atoms with Crippen molar-refractivity contribution < 1.29 is 15.3 Å². The molecule has 0 heterocycles. The molecule has 0 aromatic rings. The summed E-state index contributed by atoms with van der Waals surface area (Å²) < 4.78 is 0. The van der Waals surface area contributed by atoms with E-state index >= 15 is 0 Å². The van der Waals surface area contributed by atoms with Crippen molar-refractivity contribution in [2.45, 2.75) is 96.9 Å². The number of aliphatic hydroxyl groups is 3. The van der Waals surface area contributed by atoms with Crippen molar-refractivity contribution in [1.82, 2.24) is 0 Å². The van der Waals surface area contributed by atoms with E-state index in [0.717, 1.165) is 17.6 Å². The van der Waals surface area contributed by atoms with Crippen molar-refractivity contribution in [3.05, 3.63) is 59.8 Å². The molecule has 3 heteroatoms. The second kappa shape index (κ2) is 10.2. The maximum atomic E-state index is 10.1. The highest BCUT2D eigenvalue weighted by atomic mass is 16.3. The molecular weight excluding hydrogens is 396 g/mol. The highest BCUT2D eigenvalue weighted by Gasteiger charge is 2.50. The minimum Gasteiger partial charge on any atom is -0.393 e. The Morgan fingerprint density at radius 2 is 1.94 bits per heavy atom. The lowest BCUT2D eigenvalue weighted by Gasteiger charge is -2.44. The molecule has 3 rings (SSSR count). The van der Waals surface area contributed by atoms with Crippen LogP contribution in [-0.2, 0) is 0 Å². The maximum absolute atomic E-state index is 10.1. The van der Waals surface area contributed by atoms with Gasteiger partial charge in [-0.25, -0.2) is 0 Å². The fourth-order valence-corrected chi connectivity index (χ4v) is 6.42. The van der Waals surface area contributed by atoms with E-state index in [2.05, 4.69) is 50.8 Å². The molecule has 3 saturated carbocycles. The summed E-state index contributed by atoms with van der Waals surface area (Å²) in [6, 6.07) is 0. The van der Waals surface area contributed by atoms with Crippen LogP contribution in [-0.4, -0.2) is 33.1 Å². The van der Waals surface area contributed by atoms with E-state index in [-0.39, 0.29) is 0 Å². The lowest BCUT2D eigenvalue weighted by atomic mass is 9.61. The lowest BCUT2D eigenvalue weighted by Crippen LogP contribution is -2.35. The van der Waals surface area contributed by atoms with Gasteiger partial charge in [0.1, 0.15) is 0 Å². The molecule has 3 N–H and O–H groups in total. The zero-order chi connectivity index (χ0) is 23.5. The molecule has 0 amide bonds. The quantitative estimate of drug-likeness (QED) is 0.442. The summed E-state index contributed by atoms with van der Waals surface area (Å²) in [4.78, 5) is 0. The zero-order valence-corrected chi connectivity index (χ0v) is 20.6. The molecule has 3 nitrogen and oxygen atoms in total. The van der Waals surface area contributed by atoms with Gasteiger partial charge in [-0.2, -0.15) is 0 Å². The second-order valence-electron chi connectivity index (χ2n) is 11.4. The standard InChI is InChI=1S/C29H44O3/c1-20(10-7-6-8-16-28(3,4)32)25-14-15-26-22(11-9-17-29(25,26)5)12-13-23-18-24(30)19-27(31)21(23)2/h6-8,10,12-13,20,24-27,30-32H,2,9,11,14-19H2,1,3-5H3/b8-6+,10-7+,22-12+,23-13-/t20?,24-,25-,26+,27+,29-/m1/s1. The molecule has 3 aliphatic carbocycles. The second-order valence-corrected chi connectivity index (χ2v) is 11.4. The van der Waals surface area contributed by atoms with Crippen LogP contribution in [0.4, 0.5) is 0 Å². The average Bonchev–Trinajstić information content (AvgIpc) is 3.06. The fourth-order valence-electron chi connectivity index (χ4n) is 6.42. The Hall–Kier alpha value is -1.42. The van der Waals surface area contributed by atoms with Crippen molar-refractivity contribution in [2.75, 3.05) is 0 Å². The molecule has 0 aromatic carbocycles. The predicted molar refractivity (Wildman–Crippen MR) is 133 cm³/mol. The average molecular weight is 441 g/mol. The van der Waals surface area contributed by atoms with Crippen molar-refractivity contribution in [1.29, 1.82) is 0 Å². The molecule has 0 saturated heterocycles. The highest BCUT2D eigenvalue weighted by Crippen LogP contribution is 2.59. The SMILES string of the molecule is C=C1/C(=C\C=C2/CCC[C@]3(C)[C@@H](C(C)/C=C/C=C/CC(C)(C)O)CC[C@@H]23)C[C@@H](O)C[C@@H]1O. The van der Waals surface area contributed by atoms with Crippen LogP contribution in [0.15, 0.2) is 59.8 Å². The van der Waals surface area contributed by atoms with Crippen molar-refractivity contribution in [3.8, 4) is 0 Å². The third-order valence-corrected chi connectivity index (χ3v) is 8.22. The molecule has 6 atom stereocenters. The lowest BCUT2D eigenvalue weighted by molar-refractivity contribution is 0.0837. The zero-order valence-electron chi connectivity index (χ0n) is 20.6. The van der Waals surface area contributed by atoms with Gasteiger partial charge in [-0.15, -0.1) is 0 Å². The first kappa shape index (κ1) is 25.2.